The van der Waals surface area contributed by atoms with Gasteiger partial charge in [-0.05, 0) is 24.0 Å². The van der Waals surface area contributed by atoms with Gasteiger partial charge in [0.25, 0.3) is 10.0 Å². The molecule has 3 aromatic rings. The van der Waals surface area contributed by atoms with Gasteiger partial charge in [-0.3, -0.25) is 0 Å². The first-order chi connectivity index (χ1) is 13.5. The molecule has 0 bridgehead atoms. The van der Waals surface area contributed by atoms with Crippen molar-refractivity contribution in [1.82, 2.24) is 33.7 Å². The highest BCUT2D eigenvalue weighted by molar-refractivity contribution is 7.89. The molecule has 0 amide bonds. The molecule has 2 saturated heterocycles. The third-order valence-corrected chi connectivity index (χ3v) is 7.59. The van der Waals surface area contributed by atoms with E-state index in [-0.39, 0.29) is 5.16 Å². The summed E-state index contributed by atoms with van der Waals surface area (Å²) in [6.07, 6.45) is 3.94. The van der Waals surface area contributed by atoms with Crippen molar-refractivity contribution in [1.29, 1.82) is 0 Å². The Hall–Kier alpha value is -2.53. The molecule has 28 heavy (non-hydrogen) atoms. The fraction of sp³-hybridized carbons (Fsp3) is 0.529. The molecule has 0 spiro atoms. The number of nitrogens with zero attached hydrogens (tertiary/aromatic N) is 8. The van der Waals surface area contributed by atoms with Crippen LogP contribution in [0.15, 0.2) is 29.7 Å². The molecule has 0 aromatic carbocycles. The van der Waals surface area contributed by atoms with Gasteiger partial charge in [-0.2, -0.15) is 8.82 Å². The van der Waals surface area contributed by atoms with E-state index in [0.717, 1.165) is 36.8 Å². The van der Waals surface area contributed by atoms with E-state index in [2.05, 4.69) is 20.1 Å². The highest BCUT2D eigenvalue weighted by atomic mass is 32.2. The number of fused-ring (bicyclic) bond motifs is 2. The molecule has 5 rings (SSSR count). The fourth-order valence-electron chi connectivity index (χ4n) is 4.26. The third kappa shape index (κ3) is 2.60. The second-order valence-corrected chi connectivity index (χ2v) is 9.33. The lowest BCUT2D eigenvalue weighted by Crippen LogP contribution is -2.34. The Morgan fingerprint density at radius 1 is 1.11 bits per heavy atom. The fourth-order valence-corrected chi connectivity index (χ4v) is 5.89. The lowest BCUT2D eigenvalue weighted by molar-refractivity contribution is 0.443. The van der Waals surface area contributed by atoms with Crippen molar-refractivity contribution in [2.75, 3.05) is 31.1 Å². The van der Waals surface area contributed by atoms with Crippen molar-refractivity contribution in [3.63, 3.8) is 0 Å². The molecule has 148 valence electrons. The van der Waals surface area contributed by atoms with Gasteiger partial charge in [0.15, 0.2) is 11.5 Å². The molecule has 2 aliphatic heterocycles. The summed E-state index contributed by atoms with van der Waals surface area (Å²) in [5.74, 6) is 2.30. The number of hydrogen-bond acceptors (Lipinski definition) is 7. The average molecular weight is 402 g/mol. The summed E-state index contributed by atoms with van der Waals surface area (Å²) in [6.45, 7) is 4.65. The number of aryl methyl sites for hydroxylation is 2. The summed E-state index contributed by atoms with van der Waals surface area (Å²) < 4.78 is 30.7. The summed E-state index contributed by atoms with van der Waals surface area (Å²) in [5.41, 5.74) is 0.743. The molecule has 2 fully saturated rings. The second kappa shape index (κ2) is 6.24. The van der Waals surface area contributed by atoms with Crippen LogP contribution in [0.2, 0.25) is 0 Å². The Kier molecular flexibility index (Phi) is 3.91. The first-order valence-corrected chi connectivity index (χ1v) is 10.8. The van der Waals surface area contributed by atoms with Crippen molar-refractivity contribution in [3.05, 3.63) is 30.4 Å². The van der Waals surface area contributed by atoms with Gasteiger partial charge in [0.1, 0.15) is 5.82 Å². The molecule has 0 saturated carbocycles. The molecular formula is C17H22N8O2S. The van der Waals surface area contributed by atoms with Gasteiger partial charge in [-0.15, -0.1) is 15.3 Å². The normalized spacial score (nSPS) is 23.0. The van der Waals surface area contributed by atoms with Crippen molar-refractivity contribution in [3.8, 4) is 0 Å². The van der Waals surface area contributed by atoms with E-state index in [1.165, 1.54) is 6.20 Å². The van der Waals surface area contributed by atoms with Gasteiger partial charge in [0, 0.05) is 52.0 Å². The Balaban J connectivity index is 1.34. The maximum absolute atomic E-state index is 12.9. The maximum Gasteiger partial charge on any atom is 0.277 e. The smallest absolute Gasteiger partial charge is 0.277 e. The molecule has 2 aliphatic rings. The van der Waals surface area contributed by atoms with Gasteiger partial charge in [0.05, 0.1) is 0 Å². The molecule has 0 radical (unpaired) electrons. The van der Waals surface area contributed by atoms with Crippen LogP contribution in [0, 0.1) is 11.8 Å². The Morgan fingerprint density at radius 2 is 1.86 bits per heavy atom. The lowest BCUT2D eigenvalue weighted by Gasteiger charge is -2.22. The zero-order valence-corrected chi connectivity index (χ0v) is 16.6. The van der Waals surface area contributed by atoms with Gasteiger partial charge in [-0.25, -0.2) is 13.4 Å². The second-order valence-electron chi connectivity index (χ2n) is 7.50. The first kappa shape index (κ1) is 17.6. The molecule has 10 nitrogen and oxygen atoms in total. The highest BCUT2D eigenvalue weighted by Crippen LogP contribution is 2.35. The van der Waals surface area contributed by atoms with Crippen LogP contribution in [-0.2, 0) is 23.5 Å². The minimum Gasteiger partial charge on any atom is -0.355 e. The van der Waals surface area contributed by atoms with Crippen LogP contribution in [0.5, 0.6) is 0 Å². The van der Waals surface area contributed by atoms with Crippen molar-refractivity contribution in [2.45, 2.75) is 18.5 Å². The molecule has 5 heterocycles. The molecule has 3 aromatic heterocycles. The minimum atomic E-state index is -3.55. The van der Waals surface area contributed by atoms with Crippen LogP contribution in [0.1, 0.15) is 12.7 Å². The van der Waals surface area contributed by atoms with Crippen LogP contribution in [0.4, 0.5) is 5.82 Å². The van der Waals surface area contributed by atoms with Gasteiger partial charge < -0.3 is 9.47 Å². The van der Waals surface area contributed by atoms with Crippen LogP contribution in [-0.4, -0.2) is 68.3 Å². The number of anilines is 1. The number of rotatable bonds is 4. The van der Waals surface area contributed by atoms with Crippen molar-refractivity contribution >= 4 is 21.5 Å². The predicted molar refractivity (Wildman–Crippen MR) is 101 cm³/mol. The standard InChI is InChI=1S/C17H22N8O2S/c1-3-14-19-20-15-4-5-16(21-25(14)15)23-8-12-10-24(11-13(12)9-23)28(26,27)17-18-6-7-22(17)2/h4-7,12-13H,3,8-11H2,1-2H3. The van der Waals surface area contributed by atoms with Gasteiger partial charge in [-0.1, -0.05) is 6.92 Å². The largest absolute Gasteiger partial charge is 0.355 e. The van der Waals surface area contributed by atoms with E-state index < -0.39 is 10.0 Å². The monoisotopic (exact) mass is 402 g/mol. The third-order valence-electron chi connectivity index (χ3n) is 5.75. The topological polar surface area (TPSA) is 102 Å². The minimum absolute atomic E-state index is 0.108. The Bertz CT molecular complexity index is 1120. The highest BCUT2D eigenvalue weighted by Gasteiger charge is 2.45. The summed E-state index contributed by atoms with van der Waals surface area (Å²) in [4.78, 5) is 6.26. The van der Waals surface area contributed by atoms with Crippen molar-refractivity contribution < 1.29 is 8.42 Å². The number of sulfonamides is 1. The van der Waals surface area contributed by atoms with E-state index in [4.69, 9.17) is 5.10 Å². The molecule has 2 unspecified atom stereocenters. The SMILES string of the molecule is CCc1nnc2ccc(N3CC4CN(S(=O)(=O)c5nccn5C)CC4C3)nn12. The van der Waals surface area contributed by atoms with Crippen molar-refractivity contribution in [2.24, 2.45) is 18.9 Å². The Labute approximate surface area is 162 Å². The van der Waals surface area contributed by atoms with E-state index >= 15 is 0 Å². The Morgan fingerprint density at radius 3 is 2.50 bits per heavy atom. The molecule has 11 heteroatoms. The number of aromatic nitrogens is 6. The zero-order valence-electron chi connectivity index (χ0n) is 15.8. The molecule has 2 atom stereocenters. The first-order valence-electron chi connectivity index (χ1n) is 9.41. The van der Waals surface area contributed by atoms with E-state index in [1.54, 1.807) is 26.6 Å². The van der Waals surface area contributed by atoms with Crippen LogP contribution < -0.4 is 4.90 Å². The van der Waals surface area contributed by atoms with E-state index in [1.807, 2.05) is 19.1 Å². The molecular weight excluding hydrogens is 380 g/mol. The quantitative estimate of drug-likeness (QED) is 0.613. The predicted octanol–water partition coefficient (Wildman–Crippen LogP) is 0.177. The van der Waals surface area contributed by atoms with E-state index in [0.29, 0.717) is 24.9 Å². The number of hydrogen-bond donors (Lipinski definition) is 0. The van der Waals surface area contributed by atoms with Gasteiger partial charge in [0.2, 0.25) is 5.16 Å². The van der Waals surface area contributed by atoms with Crippen LogP contribution >= 0.6 is 0 Å². The summed E-state index contributed by atoms with van der Waals surface area (Å²) >= 11 is 0. The molecule has 0 aliphatic carbocycles. The average Bonchev–Trinajstić information content (AvgIpc) is 3.42. The summed E-state index contributed by atoms with van der Waals surface area (Å²) in [7, 11) is -1.85. The lowest BCUT2D eigenvalue weighted by atomic mass is 10.0. The zero-order chi connectivity index (χ0) is 19.5. The van der Waals surface area contributed by atoms with Crippen LogP contribution in [0.25, 0.3) is 5.65 Å². The summed E-state index contributed by atoms with van der Waals surface area (Å²) in [5, 5.41) is 13.1. The van der Waals surface area contributed by atoms with Crippen LogP contribution in [0.3, 0.4) is 0 Å². The summed E-state index contributed by atoms with van der Waals surface area (Å²) in [6, 6.07) is 3.90. The number of imidazole rings is 1. The van der Waals surface area contributed by atoms with Gasteiger partial charge >= 0.3 is 0 Å². The molecule has 0 N–H and O–H groups in total. The maximum atomic E-state index is 12.9. The van der Waals surface area contributed by atoms with E-state index in [9.17, 15) is 8.42 Å².